The molecule has 0 amide bonds. The second-order valence-corrected chi connectivity index (χ2v) is 5.33. The molecule has 0 aliphatic heterocycles. The molecule has 124 valence electrons. The summed E-state index contributed by atoms with van der Waals surface area (Å²) in [5.41, 5.74) is 2.72. The molecule has 0 fully saturated rings. The maximum Gasteiger partial charge on any atom is 0.229 e. The van der Waals surface area contributed by atoms with Crippen molar-refractivity contribution < 1.29 is 1.43 Å². The lowest BCUT2D eigenvalue weighted by molar-refractivity contribution is 0.768. The Morgan fingerprint density at radius 3 is 2.79 bits per heavy atom. The Balaban J connectivity index is 0.00000225. The lowest BCUT2D eigenvalue weighted by Gasteiger charge is -2.10. The van der Waals surface area contributed by atoms with Crippen LogP contribution in [0.25, 0.3) is 0 Å². The molecule has 3 N–H and O–H groups in total. The normalized spacial score (nSPS) is 10.4. The SMILES string of the molecule is Cn1cc(Nc2ncc(C=N)c(NCCc3ccccc3)n2)cn1.[HH]. The molecule has 1 aromatic carbocycles. The Bertz CT molecular complexity index is 817. The number of aromatic nitrogens is 4. The van der Waals surface area contributed by atoms with E-state index in [1.807, 2.05) is 31.4 Å². The van der Waals surface area contributed by atoms with E-state index in [0.29, 0.717) is 17.3 Å². The smallest absolute Gasteiger partial charge is 0.229 e. The van der Waals surface area contributed by atoms with Gasteiger partial charge in [-0.1, -0.05) is 30.3 Å². The van der Waals surface area contributed by atoms with Gasteiger partial charge in [-0.25, -0.2) is 4.98 Å². The molecule has 0 spiro atoms. The second kappa shape index (κ2) is 7.36. The van der Waals surface area contributed by atoms with Crippen LogP contribution >= 0.6 is 0 Å². The molecule has 24 heavy (non-hydrogen) atoms. The minimum absolute atomic E-state index is 0. The summed E-state index contributed by atoms with van der Waals surface area (Å²) in [6.07, 6.45) is 7.31. The number of hydrogen-bond donors (Lipinski definition) is 3. The Kier molecular flexibility index (Phi) is 4.81. The molecule has 0 saturated heterocycles. The van der Waals surface area contributed by atoms with Gasteiger partial charge in [-0.2, -0.15) is 10.1 Å². The molecular formula is C17H21N7. The van der Waals surface area contributed by atoms with E-state index >= 15 is 0 Å². The molecular weight excluding hydrogens is 302 g/mol. The van der Waals surface area contributed by atoms with Gasteiger partial charge in [-0.15, -0.1) is 0 Å². The van der Waals surface area contributed by atoms with Gasteiger partial charge >= 0.3 is 0 Å². The third kappa shape index (κ3) is 3.95. The minimum Gasteiger partial charge on any atom is -0.369 e. The molecule has 0 bridgehead atoms. The maximum absolute atomic E-state index is 7.50. The van der Waals surface area contributed by atoms with Crippen LogP contribution in [0.5, 0.6) is 0 Å². The second-order valence-electron chi connectivity index (χ2n) is 5.33. The van der Waals surface area contributed by atoms with Crippen LogP contribution in [-0.4, -0.2) is 32.5 Å². The highest BCUT2D eigenvalue weighted by Gasteiger charge is 2.06. The van der Waals surface area contributed by atoms with Crippen LogP contribution < -0.4 is 10.6 Å². The Morgan fingerprint density at radius 2 is 2.08 bits per heavy atom. The van der Waals surface area contributed by atoms with E-state index in [9.17, 15) is 0 Å². The summed E-state index contributed by atoms with van der Waals surface area (Å²) < 4.78 is 1.70. The lowest BCUT2D eigenvalue weighted by Crippen LogP contribution is -2.10. The summed E-state index contributed by atoms with van der Waals surface area (Å²) in [6.45, 7) is 0.730. The van der Waals surface area contributed by atoms with Crippen LogP contribution in [0.15, 0.2) is 48.9 Å². The van der Waals surface area contributed by atoms with Crippen molar-refractivity contribution >= 4 is 23.7 Å². The number of benzene rings is 1. The quantitative estimate of drug-likeness (QED) is 0.582. The molecule has 0 atom stereocenters. The molecule has 7 nitrogen and oxygen atoms in total. The first-order chi connectivity index (χ1) is 11.7. The Labute approximate surface area is 141 Å². The van der Waals surface area contributed by atoms with Crippen molar-refractivity contribution in [2.75, 3.05) is 17.2 Å². The number of rotatable bonds is 7. The van der Waals surface area contributed by atoms with E-state index in [2.05, 4.69) is 37.8 Å². The average molecular weight is 323 g/mol. The van der Waals surface area contributed by atoms with E-state index in [0.717, 1.165) is 18.7 Å². The highest BCUT2D eigenvalue weighted by molar-refractivity contribution is 5.84. The predicted molar refractivity (Wildman–Crippen MR) is 97.2 cm³/mol. The standard InChI is InChI=1S/C17H19N7.H2/c1-24-12-15(11-21-24)22-17-20-10-14(9-18)16(23-17)19-8-7-13-5-3-2-4-6-13;/h2-6,9-12,18H,7-8H2,1H3,(H2,19,20,22,23);1H. The van der Waals surface area contributed by atoms with Crippen molar-refractivity contribution in [3.63, 3.8) is 0 Å². The predicted octanol–water partition coefficient (Wildman–Crippen LogP) is 2.85. The van der Waals surface area contributed by atoms with Gasteiger partial charge in [0, 0.05) is 33.6 Å². The van der Waals surface area contributed by atoms with Crippen molar-refractivity contribution in [1.82, 2.24) is 19.7 Å². The van der Waals surface area contributed by atoms with E-state index in [1.54, 1.807) is 17.1 Å². The number of hydrogen-bond acceptors (Lipinski definition) is 6. The number of anilines is 3. The van der Waals surface area contributed by atoms with Gasteiger partial charge in [-0.05, 0) is 12.0 Å². The molecule has 3 rings (SSSR count). The van der Waals surface area contributed by atoms with Gasteiger partial charge < -0.3 is 16.0 Å². The zero-order valence-electron chi connectivity index (χ0n) is 13.4. The van der Waals surface area contributed by atoms with Crippen LogP contribution in [0, 0.1) is 5.41 Å². The minimum atomic E-state index is 0. The first kappa shape index (κ1) is 15.7. The third-order valence-corrected chi connectivity index (χ3v) is 3.48. The van der Waals surface area contributed by atoms with Gasteiger partial charge in [0.1, 0.15) is 5.82 Å². The van der Waals surface area contributed by atoms with Gasteiger partial charge in [0.2, 0.25) is 5.95 Å². The van der Waals surface area contributed by atoms with Crippen LogP contribution in [0.1, 0.15) is 12.6 Å². The van der Waals surface area contributed by atoms with Crippen LogP contribution in [-0.2, 0) is 13.5 Å². The Hall–Kier alpha value is -3.22. The van der Waals surface area contributed by atoms with E-state index in [4.69, 9.17) is 5.41 Å². The summed E-state index contributed by atoms with van der Waals surface area (Å²) in [6, 6.07) is 10.2. The molecule has 7 heteroatoms. The largest absolute Gasteiger partial charge is 0.369 e. The zero-order valence-corrected chi connectivity index (χ0v) is 13.4. The van der Waals surface area contributed by atoms with Crippen molar-refractivity contribution in [1.29, 1.82) is 5.41 Å². The molecule has 0 aliphatic carbocycles. The molecule has 3 aromatic rings. The maximum atomic E-state index is 7.50. The fourth-order valence-corrected chi connectivity index (χ4v) is 2.28. The fourth-order valence-electron chi connectivity index (χ4n) is 2.28. The van der Waals surface area contributed by atoms with Crippen molar-refractivity contribution in [2.45, 2.75) is 6.42 Å². The average Bonchev–Trinajstić information content (AvgIpc) is 3.01. The van der Waals surface area contributed by atoms with Gasteiger partial charge in [0.05, 0.1) is 17.4 Å². The highest BCUT2D eigenvalue weighted by Crippen LogP contribution is 2.16. The number of nitrogens with zero attached hydrogens (tertiary/aromatic N) is 4. The van der Waals surface area contributed by atoms with Gasteiger partial charge in [0.15, 0.2) is 0 Å². The lowest BCUT2D eigenvalue weighted by atomic mass is 10.1. The monoisotopic (exact) mass is 323 g/mol. The number of aryl methyl sites for hydroxylation is 1. The topological polar surface area (TPSA) is 91.5 Å². The number of nitrogens with one attached hydrogen (secondary N) is 3. The molecule has 2 aromatic heterocycles. The fraction of sp³-hybridized carbons (Fsp3) is 0.176. The zero-order chi connectivity index (χ0) is 16.8. The molecule has 0 aliphatic rings. The third-order valence-electron chi connectivity index (χ3n) is 3.48. The molecule has 0 radical (unpaired) electrons. The molecule has 0 unspecified atom stereocenters. The first-order valence-electron chi connectivity index (χ1n) is 7.65. The van der Waals surface area contributed by atoms with Crippen molar-refractivity contribution in [2.24, 2.45) is 7.05 Å². The van der Waals surface area contributed by atoms with Crippen LogP contribution in [0.4, 0.5) is 17.5 Å². The summed E-state index contributed by atoms with van der Waals surface area (Å²) in [7, 11) is 1.85. The molecule has 2 heterocycles. The highest BCUT2D eigenvalue weighted by atomic mass is 15.3. The van der Waals surface area contributed by atoms with Gasteiger partial charge in [-0.3, -0.25) is 4.68 Å². The van der Waals surface area contributed by atoms with Gasteiger partial charge in [0.25, 0.3) is 0 Å². The Morgan fingerprint density at radius 1 is 1.25 bits per heavy atom. The molecule has 0 saturated carbocycles. The van der Waals surface area contributed by atoms with Crippen molar-refractivity contribution in [3.05, 3.63) is 60.0 Å². The van der Waals surface area contributed by atoms with Crippen LogP contribution in [0.3, 0.4) is 0 Å². The van der Waals surface area contributed by atoms with E-state index < -0.39 is 0 Å². The van der Waals surface area contributed by atoms with E-state index in [-0.39, 0.29) is 1.43 Å². The summed E-state index contributed by atoms with van der Waals surface area (Å²) in [5.74, 6) is 1.11. The summed E-state index contributed by atoms with van der Waals surface area (Å²) in [4.78, 5) is 8.69. The van der Waals surface area contributed by atoms with Crippen LogP contribution in [0.2, 0.25) is 0 Å². The van der Waals surface area contributed by atoms with E-state index in [1.165, 1.54) is 11.8 Å². The summed E-state index contributed by atoms with van der Waals surface area (Å²) >= 11 is 0. The summed E-state index contributed by atoms with van der Waals surface area (Å²) in [5, 5.41) is 18.0. The van der Waals surface area contributed by atoms with Crippen molar-refractivity contribution in [3.8, 4) is 0 Å². The first-order valence-corrected chi connectivity index (χ1v) is 7.65.